The average molecular weight is 321 g/mol. The van der Waals surface area contributed by atoms with Crippen LogP contribution in [-0.4, -0.2) is 21.4 Å². The van der Waals surface area contributed by atoms with E-state index in [1.807, 2.05) is 0 Å². The van der Waals surface area contributed by atoms with Crippen molar-refractivity contribution < 1.29 is 17.9 Å². The van der Waals surface area contributed by atoms with E-state index in [9.17, 15) is 13.2 Å². The Morgan fingerprint density at radius 3 is 2.32 bits per heavy atom. The lowest BCUT2D eigenvalue weighted by Gasteiger charge is -2.11. The molecular weight excluding hydrogens is 306 g/mol. The molecule has 0 unspecified atom stereocenters. The fraction of sp³-hybridized carbons (Fsp3) is 0.0714. The van der Waals surface area contributed by atoms with E-state index in [1.165, 1.54) is 37.4 Å². The van der Waals surface area contributed by atoms with E-state index in [4.69, 9.17) is 15.6 Å². The van der Waals surface area contributed by atoms with Gasteiger partial charge in [-0.25, -0.2) is 13.6 Å². The molecule has 1 amide bonds. The topological polar surface area (TPSA) is 125 Å². The van der Waals surface area contributed by atoms with Crippen LogP contribution < -0.4 is 20.9 Å². The molecule has 2 aromatic rings. The number of primary sulfonamides is 1. The molecule has 0 aliphatic rings. The highest BCUT2D eigenvalue weighted by Gasteiger charge is 2.17. The lowest BCUT2D eigenvalue weighted by atomic mass is 10.2. The highest BCUT2D eigenvalue weighted by atomic mass is 32.2. The Labute approximate surface area is 127 Å². The first-order chi connectivity index (χ1) is 10.3. The summed E-state index contributed by atoms with van der Waals surface area (Å²) in [6.07, 6.45) is 0. The number of anilines is 2. The summed E-state index contributed by atoms with van der Waals surface area (Å²) < 4.78 is 28.2. The van der Waals surface area contributed by atoms with Crippen LogP contribution in [0, 0.1) is 0 Å². The van der Waals surface area contributed by atoms with Crippen molar-refractivity contribution in [2.75, 3.05) is 18.2 Å². The predicted octanol–water partition coefficient (Wildman–Crippen LogP) is 1.18. The number of sulfonamides is 1. The lowest BCUT2D eigenvalue weighted by molar-refractivity contribution is 0.102. The van der Waals surface area contributed by atoms with Crippen molar-refractivity contribution in [2.45, 2.75) is 4.90 Å². The Morgan fingerprint density at radius 2 is 1.77 bits per heavy atom. The van der Waals surface area contributed by atoms with Crippen molar-refractivity contribution in [3.63, 3.8) is 0 Å². The normalized spacial score (nSPS) is 11.0. The molecule has 0 saturated carbocycles. The van der Waals surface area contributed by atoms with Gasteiger partial charge in [-0.3, -0.25) is 4.79 Å². The molecule has 7 nitrogen and oxygen atoms in total. The number of benzene rings is 2. The van der Waals surface area contributed by atoms with Gasteiger partial charge >= 0.3 is 0 Å². The molecule has 22 heavy (non-hydrogen) atoms. The third-order valence-electron chi connectivity index (χ3n) is 2.91. The molecule has 0 aliphatic carbocycles. The molecule has 2 rings (SSSR count). The van der Waals surface area contributed by atoms with Gasteiger partial charge in [0.2, 0.25) is 10.0 Å². The first kappa shape index (κ1) is 15.8. The molecule has 0 radical (unpaired) electrons. The number of amides is 1. The summed E-state index contributed by atoms with van der Waals surface area (Å²) in [5, 5.41) is 7.66. The summed E-state index contributed by atoms with van der Waals surface area (Å²) in [5.41, 5.74) is 6.45. The zero-order valence-corrected chi connectivity index (χ0v) is 12.6. The maximum atomic E-state index is 12.2. The Kier molecular flexibility index (Phi) is 4.34. The van der Waals surface area contributed by atoms with E-state index in [1.54, 1.807) is 12.1 Å². The molecule has 2 aromatic carbocycles. The maximum absolute atomic E-state index is 12.2. The van der Waals surface area contributed by atoms with Gasteiger partial charge in [-0.05, 0) is 36.4 Å². The Bertz CT molecular complexity index is 801. The smallest absolute Gasteiger partial charge is 0.255 e. The standard InChI is InChI=1S/C14H15N3O4S/c1-21-11-6-7-13(22(16,19)20)12(8-11)17-14(18)9-2-4-10(15)5-3-9/h2-8H,15H2,1H3,(H,17,18)(H2,16,19,20). The third-order valence-corrected chi connectivity index (χ3v) is 3.88. The van der Waals surface area contributed by atoms with Gasteiger partial charge in [-0.15, -0.1) is 0 Å². The fourth-order valence-corrected chi connectivity index (χ4v) is 2.49. The highest BCUT2D eigenvalue weighted by molar-refractivity contribution is 7.89. The molecule has 0 saturated heterocycles. The van der Waals surface area contributed by atoms with Crippen LogP contribution in [-0.2, 0) is 10.0 Å². The fourth-order valence-electron chi connectivity index (χ4n) is 1.81. The molecule has 0 fully saturated rings. The number of nitrogens with two attached hydrogens (primary N) is 2. The minimum Gasteiger partial charge on any atom is -0.497 e. The lowest BCUT2D eigenvalue weighted by Crippen LogP contribution is -2.18. The van der Waals surface area contributed by atoms with Gasteiger partial charge in [0.25, 0.3) is 5.91 Å². The van der Waals surface area contributed by atoms with Crippen molar-refractivity contribution in [3.8, 4) is 5.75 Å². The number of nitrogen functional groups attached to an aromatic ring is 1. The van der Waals surface area contributed by atoms with E-state index in [-0.39, 0.29) is 10.6 Å². The zero-order chi connectivity index (χ0) is 16.3. The predicted molar refractivity (Wildman–Crippen MR) is 83.2 cm³/mol. The molecule has 0 spiro atoms. The van der Waals surface area contributed by atoms with E-state index >= 15 is 0 Å². The number of hydrogen-bond donors (Lipinski definition) is 3. The van der Waals surface area contributed by atoms with Gasteiger partial charge in [-0.1, -0.05) is 0 Å². The maximum Gasteiger partial charge on any atom is 0.255 e. The van der Waals surface area contributed by atoms with Crippen LogP contribution in [0.3, 0.4) is 0 Å². The molecule has 5 N–H and O–H groups in total. The van der Waals surface area contributed by atoms with E-state index in [2.05, 4.69) is 5.32 Å². The second-order valence-electron chi connectivity index (χ2n) is 4.48. The van der Waals surface area contributed by atoms with Crippen molar-refractivity contribution in [3.05, 3.63) is 48.0 Å². The monoisotopic (exact) mass is 321 g/mol. The first-order valence-electron chi connectivity index (χ1n) is 6.19. The molecule has 0 aliphatic heterocycles. The third kappa shape index (κ3) is 3.54. The summed E-state index contributed by atoms with van der Waals surface area (Å²) in [5.74, 6) is -0.0989. The van der Waals surface area contributed by atoms with Crippen LogP contribution in [0.2, 0.25) is 0 Å². The Morgan fingerprint density at radius 1 is 1.14 bits per heavy atom. The van der Waals surface area contributed by atoms with E-state index in [0.29, 0.717) is 17.0 Å². The summed E-state index contributed by atoms with van der Waals surface area (Å²) in [7, 11) is -2.56. The van der Waals surface area contributed by atoms with Gasteiger partial charge in [0, 0.05) is 17.3 Å². The minimum atomic E-state index is -3.98. The summed E-state index contributed by atoms with van der Waals surface area (Å²) in [4.78, 5) is 12.0. The number of carbonyl (C=O) groups is 1. The average Bonchev–Trinajstić information content (AvgIpc) is 2.46. The molecule has 0 aromatic heterocycles. The number of methoxy groups -OCH3 is 1. The van der Waals surface area contributed by atoms with Gasteiger partial charge in [0.15, 0.2) is 0 Å². The van der Waals surface area contributed by atoms with E-state index in [0.717, 1.165) is 0 Å². The number of carbonyl (C=O) groups excluding carboxylic acids is 1. The summed E-state index contributed by atoms with van der Waals surface area (Å²) in [6.45, 7) is 0. The first-order valence-corrected chi connectivity index (χ1v) is 7.73. The number of ether oxygens (including phenoxy) is 1. The number of nitrogens with one attached hydrogen (secondary N) is 1. The van der Waals surface area contributed by atoms with Gasteiger partial charge in [0.05, 0.1) is 12.8 Å². The summed E-state index contributed by atoms with van der Waals surface area (Å²) >= 11 is 0. The van der Waals surface area contributed by atoms with Crippen molar-refractivity contribution in [1.29, 1.82) is 0 Å². The molecule has 8 heteroatoms. The molecule has 0 heterocycles. The largest absolute Gasteiger partial charge is 0.497 e. The second kappa shape index (κ2) is 6.04. The van der Waals surface area contributed by atoms with Crippen LogP contribution in [0.4, 0.5) is 11.4 Å². The highest BCUT2D eigenvalue weighted by Crippen LogP contribution is 2.26. The molecule has 116 valence electrons. The van der Waals surface area contributed by atoms with Crippen molar-refractivity contribution in [1.82, 2.24) is 0 Å². The zero-order valence-electron chi connectivity index (χ0n) is 11.7. The summed E-state index contributed by atoms with van der Waals surface area (Å²) in [6, 6.07) is 10.3. The minimum absolute atomic E-state index is 0.0451. The van der Waals surface area contributed by atoms with Crippen molar-refractivity contribution >= 4 is 27.3 Å². The van der Waals surface area contributed by atoms with Gasteiger partial charge in [0.1, 0.15) is 10.6 Å². The number of rotatable bonds is 4. The van der Waals surface area contributed by atoms with Gasteiger partial charge < -0.3 is 15.8 Å². The van der Waals surface area contributed by atoms with Crippen LogP contribution in [0.1, 0.15) is 10.4 Å². The number of hydrogen-bond acceptors (Lipinski definition) is 5. The van der Waals surface area contributed by atoms with Crippen LogP contribution in [0.15, 0.2) is 47.4 Å². The molecular formula is C14H15N3O4S. The quantitative estimate of drug-likeness (QED) is 0.729. The van der Waals surface area contributed by atoms with Crippen molar-refractivity contribution in [2.24, 2.45) is 5.14 Å². The van der Waals surface area contributed by atoms with Crippen LogP contribution in [0.25, 0.3) is 0 Å². The SMILES string of the molecule is COc1ccc(S(N)(=O)=O)c(NC(=O)c2ccc(N)cc2)c1. The Balaban J connectivity index is 2.39. The second-order valence-corrected chi connectivity index (χ2v) is 6.01. The van der Waals surface area contributed by atoms with Gasteiger partial charge in [-0.2, -0.15) is 0 Å². The Hall–Kier alpha value is -2.58. The van der Waals surface area contributed by atoms with E-state index < -0.39 is 15.9 Å². The van der Waals surface area contributed by atoms with Crippen LogP contribution in [0.5, 0.6) is 5.75 Å². The van der Waals surface area contributed by atoms with Crippen LogP contribution >= 0.6 is 0 Å². The molecule has 0 bridgehead atoms. The molecule has 0 atom stereocenters.